The van der Waals surface area contributed by atoms with Crippen LogP contribution < -0.4 is 0 Å². The molecule has 2 nitrogen and oxygen atoms in total. The van der Waals surface area contributed by atoms with Crippen LogP contribution in [-0.2, 0) is 0 Å². The first-order valence-corrected chi connectivity index (χ1v) is 3.41. The van der Waals surface area contributed by atoms with Crippen LogP contribution in [0.5, 0.6) is 0 Å². The normalized spacial score (nSPS) is 10.2. The van der Waals surface area contributed by atoms with Crippen molar-refractivity contribution in [2.75, 3.05) is 0 Å². The Labute approximate surface area is 62.0 Å². The summed E-state index contributed by atoms with van der Waals surface area (Å²) in [7, 11) is 0. The second-order valence-corrected chi connectivity index (χ2v) is 2.31. The number of nitrogens with one attached hydrogen (secondary N) is 2. The van der Waals surface area contributed by atoms with Crippen LogP contribution in [-0.4, -0.2) is 11.4 Å². The Kier molecular flexibility index (Phi) is 4.46. The van der Waals surface area contributed by atoms with Crippen molar-refractivity contribution in [2.24, 2.45) is 0 Å². The molecule has 0 rings (SSSR count). The molecule has 0 aliphatic rings. The summed E-state index contributed by atoms with van der Waals surface area (Å²) in [4.78, 5) is 0. The first-order valence-electron chi connectivity index (χ1n) is 3.41. The lowest BCUT2D eigenvalue weighted by Crippen LogP contribution is -1.95. The second kappa shape index (κ2) is 4.91. The largest absolute Gasteiger partial charge is 0.310 e. The highest BCUT2D eigenvalue weighted by Gasteiger charge is 1.91. The van der Waals surface area contributed by atoms with Gasteiger partial charge in [-0.05, 0) is 32.8 Å². The monoisotopic (exact) mass is 138 g/mol. The molecule has 10 heavy (non-hydrogen) atoms. The Hall–Kier alpha value is -0.920. The molecule has 56 valence electrons. The molecule has 2 heteroatoms. The van der Waals surface area contributed by atoms with Gasteiger partial charge in [-0.2, -0.15) is 0 Å². The third kappa shape index (κ3) is 5.22. The van der Waals surface area contributed by atoms with Gasteiger partial charge in [0.05, 0.1) is 0 Å². The van der Waals surface area contributed by atoms with Crippen LogP contribution in [0.15, 0.2) is 12.2 Å². The summed E-state index contributed by atoms with van der Waals surface area (Å²) in [5.74, 6) is 0. The molecule has 0 saturated carbocycles. The Bertz CT molecular complexity index is 157. The van der Waals surface area contributed by atoms with E-state index in [1.165, 1.54) is 0 Å². The van der Waals surface area contributed by atoms with Crippen molar-refractivity contribution in [1.29, 1.82) is 10.8 Å². The first kappa shape index (κ1) is 9.08. The van der Waals surface area contributed by atoms with Gasteiger partial charge in [0.2, 0.25) is 0 Å². The van der Waals surface area contributed by atoms with Gasteiger partial charge in [-0.25, -0.2) is 0 Å². The molecule has 0 aromatic carbocycles. The zero-order valence-corrected chi connectivity index (χ0v) is 6.57. The number of hydrogen-bond donors (Lipinski definition) is 2. The number of allylic oxidation sites excluding steroid dienone is 2. The van der Waals surface area contributed by atoms with Crippen LogP contribution in [0, 0.1) is 10.8 Å². The predicted molar refractivity (Wildman–Crippen MR) is 45.2 cm³/mol. The van der Waals surface area contributed by atoms with Crippen molar-refractivity contribution in [3.8, 4) is 0 Å². The molecule has 0 heterocycles. The van der Waals surface area contributed by atoms with E-state index in [9.17, 15) is 0 Å². The van der Waals surface area contributed by atoms with Gasteiger partial charge >= 0.3 is 0 Å². The van der Waals surface area contributed by atoms with E-state index in [4.69, 9.17) is 10.8 Å². The molecule has 0 bridgehead atoms. The zero-order valence-electron chi connectivity index (χ0n) is 6.57. The SMILES string of the molecule is C/C=C\C(=N)CCC(C)=N. The molecule has 0 aliphatic carbocycles. The molecule has 0 aromatic heterocycles. The third-order valence-electron chi connectivity index (χ3n) is 1.14. The lowest BCUT2D eigenvalue weighted by molar-refractivity contribution is 1.11. The van der Waals surface area contributed by atoms with E-state index >= 15 is 0 Å². The minimum atomic E-state index is 0.606. The highest BCUT2D eigenvalue weighted by Crippen LogP contribution is 1.93. The molecule has 0 aliphatic heterocycles. The van der Waals surface area contributed by atoms with Crippen LogP contribution in [0.3, 0.4) is 0 Å². The van der Waals surface area contributed by atoms with Gasteiger partial charge in [0.15, 0.2) is 0 Å². The Morgan fingerprint density at radius 3 is 2.30 bits per heavy atom. The van der Waals surface area contributed by atoms with Gasteiger partial charge in [0.25, 0.3) is 0 Å². The molecule has 0 amide bonds. The van der Waals surface area contributed by atoms with Crippen LogP contribution in [0.25, 0.3) is 0 Å². The third-order valence-corrected chi connectivity index (χ3v) is 1.14. The minimum Gasteiger partial charge on any atom is -0.310 e. The van der Waals surface area contributed by atoms with Gasteiger partial charge in [-0.3, -0.25) is 0 Å². The summed E-state index contributed by atoms with van der Waals surface area (Å²) in [5.41, 5.74) is 1.25. The fourth-order valence-electron chi connectivity index (χ4n) is 0.607. The van der Waals surface area contributed by atoms with Crippen LogP contribution in [0.1, 0.15) is 26.7 Å². The van der Waals surface area contributed by atoms with Crippen molar-refractivity contribution in [3.05, 3.63) is 12.2 Å². The Morgan fingerprint density at radius 1 is 1.30 bits per heavy atom. The molecule has 0 unspecified atom stereocenters. The van der Waals surface area contributed by atoms with E-state index in [-0.39, 0.29) is 0 Å². The number of rotatable bonds is 4. The van der Waals surface area contributed by atoms with E-state index in [0.717, 1.165) is 0 Å². The topological polar surface area (TPSA) is 47.7 Å². The van der Waals surface area contributed by atoms with Crippen LogP contribution in [0.4, 0.5) is 0 Å². The van der Waals surface area contributed by atoms with Crippen molar-refractivity contribution >= 4 is 11.4 Å². The Balaban J connectivity index is 3.50. The van der Waals surface area contributed by atoms with E-state index in [2.05, 4.69) is 0 Å². The second-order valence-electron chi connectivity index (χ2n) is 2.31. The van der Waals surface area contributed by atoms with Gasteiger partial charge in [0.1, 0.15) is 0 Å². The summed E-state index contributed by atoms with van der Waals surface area (Å²) in [5, 5.41) is 14.4. The smallest absolute Gasteiger partial charge is 0.0314 e. The highest BCUT2D eigenvalue weighted by molar-refractivity contribution is 5.94. The van der Waals surface area contributed by atoms with E-state index < -0.39 is 0 Å². The van der Waals surface area contributed by atoms with Crippen LogP contribution in [0.2, 0.25) is 0 Å². The van der Waals surface area contributed by atoms with E-state index in [1.807, 2.05) is 13.0 Å². The summed E-state index contributed by atoms with van der Waals surface area (Å²) in [6, 6.07) is 0. The molecule has 0 aromatic rings. The Morgan fingerprint density at radius 2 is 1.90 bits per heavy atom. The van der Waals surface area contributed by atoms with Crippen LogP contribution >= 0.6 is 0 Å². The fourth-order valence-corrected chi connectivity index (χ4v) is 0.607. The van der Waals surface area contributed by atoms with Crippen molar-refractivity contribution in [2.45, 2.75) is 26.7 Å². The summed E-state index contributed by atoms with van der Waals surface area (Å²) in [6.07, 6.45) is 5.02. The summed E-state index contributed by atoms with van der Waals surface area (Å²) in [6.45, 7) is 3.66. The average Bonchev–Trinajstić information content (AvgIpc) is 1.85. The summed E-state index contributed by atoms with van der Waals surface area (Å²) >= 11 is 0. The standard InChI is InChI=1S/C8H14N2/c1-3-4-8(10)6-5-7(2)9/h3-4,9-10H,5-6H2,1-2H3/b4-3-,9-7?,10-8?. The minimum absolute atomic E-state index is 0.606. The molecule has 0 saturated heterocycles. The maximum atomic E-state index is 7.30. The van der Waals surface area contributed by atoms with Gasteiger partial charge in [0, 0.05) is 11.4 Å². The molecule has 2 N–H and O–H groups in total. The van der Waals surface area contributed by atoms with E-state index in [1.54, 1.807) is 13.0 Å². The van der Waals surface area contributed by atoms with Gasteiger partial charge in [-0.15, -0.1) is 0 Å². The molecular formula is C8H14N2. The summed E-state index contributed by atoms with van der Waals surface area (Å²) < 4.78 is 0. The highest BCUT2D eigenvalue weighted by atomic mass is 14.4. The lowest BCUT2D eigenvalue weighted by Gasteiger charge is -1.94. The lowest BCUT2D eigenvalue weighted by atomic mass is 10.1. The van der Waals surface area contributed by atoms with E-state index in [0.29, 0.717) is 24.3 Å². The zero-order chi connectivity index (χ0) is 7.98. The molecule has 0 fully saturated rings. The van der Waals surface area contributed by atoms with Gasteiger partial charge < -0.3 is 10.8 Å². The molecule has 0 spiro atoms. The maximum absolute atomic E-state index is 7.30. The molecular weight excluding hydrogens is 124 g/mol. The van der Waals surface area contributed by atoms with Crippen molar-refractivity contribution in [1.82, 2.24) is 0 Å². The maximum Gasteiger partial charge on any atom is 0.0314 e. The van der Waals surface area contributed by atoms with Crippen molar-refractivity contribution in [3.63, 3.8) is 0 Å². The quantitative estimate of drug-likeness (QED) is 0.560. The molecule has 0 radical (unpaired) electrons. The van der Waals surface area contributed by atoms with Gasteiger partial charge in [-0.1, -0.05) is 6.08 Å². The predicted octanol–water partition coefficient (Wildman–Crippen LogP) is 2.40. The van der Waals surface area contributed by atoms with Crippen molar-refractivity contribution < 1.29 is 0 Å². The molecule has 0 atom stereocenters. The number of hydrogen-bond acceptors (Lipinski definition) is 2. The first-order chi connectivity index (χ1) is 4.66. The fraction of sp³-hybridized carbons (Fsp3) is 0.500. The average molecular weight is 138 g/mol.